The summed E-state index contributed by atoms with van der Waals surface area (Å²) >= 11 is 0. The molecule has 0 amide bonds. The molecule has 0 saturated carbocycles. The van der Waals surface area contributed by atoms with Crippen molar-refractivity contribution in [3.05, 3.63) is 53.9 Å². The number of hydrogen-bond acceptors (Lipinski definition) is 0. The summed E-state index contributed by atoms with van der Waals surface area (Å²) < 4.78 is 11.7. The van der Waals surface area contributed by atoms with Crippen LogP contribution in [-0.2, 0) is 0 Å². The highest BCUT2D eigenvalue weighted by molar-refractivity contribution is 5.54. The van der Waals surface area contributed by atoms with Crippen LogP contribution in [0.2, 0.25) is 0 Å². The van der Waals surface area contributed by atoms with Crippen molar-refractivity contribution in [3.63, 3.8) is 0 Å². The first-order valence-electron chi connectivity index (χ1n) is 3.83. The minimum Gasteiger partial charge on any atom is -0.216 e. The van der Waals surface area contributed by atoms with E-state index in [9.17, 15) is 4.39 Å². The Kier molecular flexibility index (Phi) is 3.27. The molecular weight excluding hydrogens is 151 g/mol. The zero-order chi connectivity index (χ0) is 8.81. The molecule has 0 bridgehead atoms. The molecule has 1 rings (SSSR count). The lowest BCUT2D eigenvalue weighted by Gasteiger charge is -1.92. The number of benzene rings is 1. The van der Waals surface area contributed by atoms with Crippen molar-refractivity contribution in [1.29, 1.82) is 0 Å². The maximum atomic E-state index is 11.7. The highest BCUT2D eigenvalue weighted by atomic mass is 19.1. The summed E-state index contributed by atoms with van der Waals surface area (Å²) in [7, 11) is 0. The molecule has 0 atom stereocenters. The first-order chi connectivity index (χ1) is 5.83. The predicted molar refractivity (Wildman–Crippen MR) is 50.3 cm³/mol. The third kappa shape index (κ3) is 2.70. The third-order valence-electron chi connectivity index (χ3n) is 1.52. The monoisotopic (exact) mass is 162 g/mol. The van der Waals surface area contributed by atoms with Crippen LogP contribution in [0.25, 0.3) is 6.08 Å². The van der Waals surface area contributed by atoms with E-state index in [0.29, 0.717) is 6.33 Å². The van der Waals surface area contributed by atoms with Gasteiger partial charge in [-0.05, 0) is 24.1 Å². The summed E-state index contributed by atoms with van der Waals surface area (Å²) in [5.74, 6) is 0. The SMILES string of the molecule is CC(/C=C\F)=C\c1ccccc1. The third-order valence-corrected chi connectivity index (χ3v) is 1.52. The molecule has 0 N–H and O–H groups in total. The second kappa shape index (κ2) is 4.50. The van der Waals surface area contributed by atoms with Crippen molar-refractivity contribution >= 4 is 6.08 Å². The molecule has 0 unspecified atom stereocenters. The number of allylic oxidation sites excluding steroid dienone is 2. The molecule has 0 aliphatic carbocycles. The van der Waals surface area contributed by atoms with E-state index in [1.807, 2.05) is 43.3 Å². The van der Waals surface area contributed by atoms with Crippen LogP contribution in [0, 0.1) is 0 Å². The van der Waals surface area contributed by atoms with Crippen LogP contribution < -0.4 is 0 Å². The van der Waals surface area contributed by atoms with Crippen LogP contribution in [0.5, 0.6) is 0 Å². The molecule has 62 valence electrons. The first-order valence-corrected chi connectivity index (χ1v) is 3.83. The Morgan fingerprint density at radius 2 is 1.92 bits per heavy atom. The van der Waals surface area contributed by atoms with E-state index in [1.165, 1.54) is 6.08 Å². The van der Waals surface area contributed by atoms with E-state index in [2.05, 4.69) is 0 Å². The summed E-state index contributed by atoms with van der Waals surface area (Å²) in [4.78, 5) is 0. The lowest BCUT2D eigenvalue weighted by atomic mass is 10.1. The normalized spacial score (nSPS) is 12.3. The van der Waals surface area contributed by atoms with Gasteiger partial charge in [0.25, 0.3) is 0 Å². The molecule has 0 aromatic heterocycles. The summed E-state index contributed by atoms with van der Waals surface area (Å²) in [5.41, 5.74) is 2.00. The smallest absolute Gasteiger partial charge is 0.0869 e. The number of halogens is 1. The van der Waals surface area contributed by atoms with E-state index in [4.69, 9.17) is 0 Å². The van der Waals surface area contributed by atoms with Crippen molar-refractivity contribution in [1.82, 2.24) is 0 Å². The molecule has 1 heteroatoms. The van der Waals surface area contributed by atoms with E-state index in [-0.39, 0.29) is 0 Å². The zero-order valence-electron chi connectivity index (χ0n) is 7.00. The molecule has 1 aromatic rings. The van der Waals surface area contributed by atoms with Crippen LogP contribution in [0.4, 0.5) is 4.39 Å². The molecule has 0 spiro atoms. The molecule has 1 aromatic carbocycles. The van der Waals surface area contributed by atoms with Gasteiger partial charge in [0.05, 0.1) is 6.33 Å². The number of rotatable bonds is 2. The van der Waals surface area contributed by atoms with Gasteiger partial charge < -0.3 is 0 Å². The fraction of sp³-hybridized carbons (Fsp3) is 0.0909. The van der Waals surface area contributed by atoms with Crippen LogP contribution in [0.3, 0.4) is 0 Å². The Labute approximate surface area is 72.0 Å². The summed E-state index contributed by atoms with van der Waals surface area (Å²) in [5, 5.41) is 0. The Hall–Kier alpha value is -1.37. The van der Waals surface area contributed by atoms with Crippen LogP contribution >= 0.6 is 0 Å². The predicted octanol–water partition coefficient (Wildman–Crippen LogP) is 3.57. The van der Waals surface area contributed by atoms with Gasteiger partial charge in [-0.15, -0.1) is 0 Å². The summed E-state index contributed by atoms with van der Waals surface area (Å²) in [6.45, 7) is 1.86. The van der Waals surface area contributed by atoms with Gasteiger partial charge in [0.2, 0.25) is 0 Å². The summed E-state index contributed by atoms with van der Waals surface area (Å²) in [6.07, 6.45) is 3.91. The second-order valence-electron chi connectivity index (χ2n) is 2.59. The largest absolute Gasteiger partial charge is 0.216 e. The zero-order valence-corrected chi connectivity index (χ0v) is 7.00. The van der Waals surface area contributed by atoms with Crippen molar-refractivity contribution in [2.24, 2.45) is 0 Å². The lowest BCUT2D eigenvalue weighted by Crippen LogP contribution is -1.71. The van der Waals surface area contributed by atoms with Crippen molar-refractivity contribution in [3.8, 4) is 0 Å². The van der Waals surface area contributed by atoms with Crippen LogP contribution in [-0.4, -0.2) is 0 Å². The molecular formula is C11H11F. The molecule has 0 aliphatic heterocycles. The van der Waals surface area contributed by atoms with Crippen molar-refractivity contribution in [2.45, 2.75) is 6.92 Å². The van der Waals surface area contributed by atoms with Crippen LogP contribution in [0.15, 0.2) is 48.3 Å². The average Bonchev–Trinajstić information content (AvgIpc) is 2.06. The molecule has 0 heterocycles. The van der Waals surface area contributed by atoms with Gasteiger partial charge in [-0.25, -0.2) is 4.39 Å². The van der Waals surface area contributed by atoms with Gasteiger partial charge in [0.1, 0.15) is 0 Å². The molecule has 0 fully saturated rings. The highest BCUT2D eigenvalue weighted by Crippen LogP contribution is 2.06. The highest BCUT2D eigenvalue weighted by Gasteiger charge is 1.85. The summed E-state index contributed by atoms with van der Waals surface area (Å²) in [6, 6.07) is 9.83. The van der Waals surface area contributed by atoms with Gasteiger partial charge >= 0.3 is 0 Å². The standard InChI is InChI=1S/C11H11F/c1-10(7-8-12)9-11-5-3-2-4-6-11/h2-9H,1H3/b8-7-,10-9+. The van der Waals surface area contributed by atoms with Crippen molar-refractivity contribution < 1.29 is 4.39 Å². The van der Waals surface area contributed by atoms with Crippen LogP contribution in [0.1, 0.15) is 12.5 Å². The second-order valence-corrected chi connectivity index (χ2v) is 2.59. The van der Waals surface area contributed by atoms with Crippen molar-refractivity contribution in [2.75, 3.05) is 0 Å². The fourth-order valence-electron chi connectivity index (χ4n) is 0.960. The first kappa shape index (κ1) is 8.72. The molecule has 0 aliphatic rings. The Balaban J connectivity index is 2.81. The van der Waals surface area contributed by atoms with E-state index in [0.717, 1.165) is 11.1 Å². The van der Waals surface area contributed by atoms with E-state index >= 15 is 0 Å². The minimum absolute atomic E-state index is 0.550. The maximum absolute atomic E-state index is 11.7. The van der Waals surface area contributed by atoms with Gasteiger partial charge in [-0.3, -0.25) is 0 Å². The van der Waals surface area contributed by atoms with E-state index in [1.54, 1.807) is 0 Å². The van der Waals surface area contributed by atoms with Gasteiger partial charge in [0.15, 0.2) is 0 Å². The quantitative estimate of drug-likeness (QED) is 0.583. The van der Waals surface area contributed by atoms with Gasteiger partial charge in [0, 0.05) is 0 Å². The topological polar surface area (TPSA) is 0 Å². The van der Waals surface area contributed by atoms with Gasteiger partial charge in [-0.1, -0.05) is 36.4 Å². The van der Waals surface area contributed by atoms with Gasteiger partial charge in [-0.2, -0.15) is 0 Å². The average molecular weight is 162 g/mol. The number of hydrogen-bond donors (Lipinski definition) is 0. The molecule has 12 heavy (non-hydrogen) atoms. The lowest BCUT2D eigenvalue weighted by molar-refractivity contribution is 0.720. The Morgan fingerprint density at radius 3 is 2.50 bits per heavy atom. The molecule has 0 radical (unpaired) electrons. The Bertz CT molecular complexity index is 283. The molecule has 0 saturated heterocycles. The Morgan fingerprint density at radius 1 is 1.25 bits per heavy atom. The molecule has 0 nitrogen and oxygen atoms in total. The fourth-order valence-corrected chi connectivity index (χ4v) is 0.960. The van der Waals surface area contributed by atoms with E-state index < -0.39 is 0 Å². The maximum Gasteiger partial charge on any atom is 0.0869 e. The minimum atomic E-state index is 0.550.